The van der Waals surface area contributed by atoms with Crippen LogP contribution in [0.2, 0.25) is 0 Å². The molecule has 0 saturated heterocycles. The molecule has 0 spiro atoms. The molecule has 3 N–H and O–H groups in total. The molecule has 2 heterocycles. The highest BCUT2D eigenvalue weighted by Crippen LogP contribution is 2.41. The molecule has 29 heavy (non-hydrogen) atoms. The zero-order valence-corrected chi connectivity index (χ0v) is 17.3. The summed E-state index contributed by atoms with van der Waals surface area (Å²) in [6.45, 7) is 1.14. The molecule has 0 saturated carbocycles. The number of amides is 2. The van der Waals surface area contributed by atoms with Gasteiger partial charge in [0.2, 0.25) is 5.88 Å². The minimum atomic E-state index is -3.48. The smallest absolute Gasteiger partial charge is 0.354 e. The first kappa shape index (κ1) is 18.6. The second kappa shape index (κ2) is 6.54. The highest BCUT2D eigenvalue weighted by molar-refractivity contribution is 7.91. The van der Waals surface area contributed by atoms with Crippen molar-refractivity contribution in [2.24, 2.45) is 9.50 Å². The second-order valence-corrected chi connectivity index (χ2v) is 9.86. The van der Waals surface area contributed by atoms with Crippen LogP contribution in [0.1, 0.15) is 28.3 Å². The van der Waals surface area contributed by atoms with Crippen molar-refractivity contribution < 1.29 is 13.7 Å². The summed E-state index contributed by atoms with van der Waals surface area (Å²) in [5.41, 5.74) is 5.72. The van der Waals surface area contributed by atoms with Crippen molar-refractivity contribution in [3.05, 3.63) is 34.5 Å². The van der Waals surface area contributed by atoms with E-state index in [1.807, 2.05) is 19.0 Å². The van der Waals surface area contributed by atoms with Gasteiger partial charge < -0.3 is 15.0 Å². The number of hydrogen-bond donors (Lipinski definition) is 2. The molecule has 2 amide bonds. The molecule has 0 bridgehead atoms. The highest BCUT2D eigenvalue weighted by Gasteiger charge is 2.32. The molecule has 5 rings (SSSR count). The molecule has 2 atom stereocenters. The Morgan fingerprint density at radius 2 is 2.03 bits per heavy atom. The summed E-state index contributed by atoms with van der Waals surface area (Å²) in [4.78, 5) is 14.8. The fourth-order valence-corrected chi connectivity index (χ4v) is 5.25. The Bertz CT molecular complexity index is 1120. The molecule has 1 unspecified atom stereocenters. The summed E-state index contributed by atoms with van der Waals surface area (Å²) >= 11 is 0. The first-order valence-corrected chi connectivity index (χ1v) is 11.3. The third-order valence-electron chi connectivity index (χ3n) is 5.83. The van der Waals surface area contributed by atoms with Crippen LogP contribution in [0.25, 0.3) is 0 Å². The quantitative estimate of drug-likeness (QED) is 0.784. The van der Waals surface area contributed by atoms with Gasteiger partial charge in [-0.05, 0) is 62.0 Å². The van der Waals surface area contributed by atoms with Gasteiger partial charge in [-0.1, -0.05) is 6.07 Å². The van der Waals surface area contributed by atoms with E-state index in [2.05, 4.69) is 20.8 Å². The Balaban J connectivity index is 1.42. The van der Waals surface area contributed by atoms with Crippen molar-refractivity contribution in [3.8, 4) is 5.88 Å². The third kappa shape index (κ3) is 3.02. The fraction of sp³-hybridized carbons (Fsp3) is 0.474. The van der Waals surface area contributed by atoms with E-state index in [1.54, 1.807) is 4.68 Å². The Hall–Kier alpha value is -2.43. The molecule has 2 aliphatic carbocycles. The standard InChI is InChI=1S/C19H24N6O3S/c1-24(2)9-13-10-28-18-16(8-21-25(13)18)29(20,27)23-19(26)22-17-14-5-3-11(14)7-12-4-6-15(12)17/h7-8,13H,3-6,9-10H2,1-2H3,(H3,20,22,23,26,27)/t13-,29?/m0/s1. The first-order valence-electron chi connectivity index (χ1n) is 9.71. The lowest BCUT2D eigenvalue weighted by atomic mass is 9.76. The number of nitrogens with zero attached hydrogens (tertiary/aromatic N) is 4. The van der Waals surface area contributed by atoms with Crippen molar-refractivity contribution in [1.29, 1.82) is 0 Å². The first-order chi connectivity index (χ1) is 13.8. The van der Waals surface area contributed by atoms with Crippen molar-refractivity contribution >= 4 is 21.6 Å². The number of aryl methyl sites for hydroxylation is 2. The van der Waals surface area contributed by atoms with Gasteiger partial charge in [0.1, 0.15) is 17.5 Å². The molecule has 9 nitrogen and oxygen atoms in total. The van der Waals surface area contributed by atoms with Gasteiger partial charge in [0.05, 0.1) is 6.20 Å². The monoisotopic (exact) mass is 416 g/mol. The predicted octanol–water partition coefficient (Wildman–Crippen LogP) is 1.51. The van der Waals surface area contributed by atoms with Crippen LogP contribution in [-0.2, 0) is 35.6 Å². The van der Waals surface area contributed by atoms with E-state index in [9.17, 15) is 9.00 Å². The number of anilines is 1. The van der Waals surface area contributed by atoms with E-state index in [1.165, 1.54) is 17.3 Å². The number of benzene rings is 1. The Morgan fingerprint density at radius 3 is 2.62 bits per heavy atom. The molecule has 1 aromatic carbocycles. The normalized spacial score (nSPS) is 20.5. The predicted molar refractivity (Wildman–Crippen MR) is 109 cm³/mol. The Morgan fingerprint density at radius 1 is 1.34 bits per heavy atom. The maximum atomic E-state index is 13.1. The lowest BCUT2D eigenvalue weighted by Gasteiger charge is -2.31. The zero-order valence-electron chi connectivity index (χ0n) is 16.5. The summed E-state index contributed by atoms with van der Waals surface area (Å²) in [6, 6.07) is 1.53. The number of ether oxygens (including phenoxy) is 1. The number of nitrogens with one attached hydrogen (secondary N) is 1. The molecule has 154 valence electrons. The van der Waals surface area contributed by atoms with Gasteiger partial charge in [0.25, 0.3) is 0 Å². The van der Waals surface area contributed by atoms with Crippen LogP contribution in [0.5, 0.6) is 5.88 Å². The van der Waals surface area contributed by atoms with Crippen LogP contribution >= 0.6 is 0 Å². The van der Waals surface area contributed by atoms with E-state index >= 15 is 0 Å². The molecule has 0 radical (unpaired) electrons. The lowest BCUT2D eigenvalue weighted by Crippen LogP contribution is -2.24. The van der Waals surface area contributed by atoms with Crippen LogP contribution in [0.15, 0.2) is 21.5 Å². The van der Waals surface area contributed by atoms with Gasteiger partial charge in [-0.15, -0.1) is 4.36 Å². The second-order valence-electron chi connectivity index (χ2n) is 8.10. The third-order valence-corrected chi connectivity index (χ3v) is 7.18. The maximum absolute atomic E-state index is 13.1. The van der Waals surface area contributed by atoms with E-state index < -0.39 is 15.9 Å². The van der Waals surface area contributed by atoms with Gasteiger partial charge in [-0.2, -0.15) is 5.10 Å². The average Bonchev–Trinajstić information content (AvgIpc) is 3.14. The summed E-state index contributed by atoms with van der Waals surface area (Å²) in [6.07, 6.45) is 5.33. The Kier molecular flexibility index (Phi) is 4.19. The van der Waals surface area contributed by atoms with Crippen LogP contribution in [0, 0.1) is 0 Å². The fourth-order valence-electron chi connectivity index (χ4n) is 4.25. The van der Waals surface area contributed by atoms with E-state index in [0.717, 1.165) is 49.0 Å². The summed E-state index contributed by atoms with van der Waals surface area (Å²) < 4.78 is 24.2. The van der Waals surface area contributed by atoms with Crippen molar-refractivity contribution in [3.63, 3.8) is 0 Å². The van der Waals surface area contributed by atoms with Crippen LogP contribution in [0.4, 0.5) is 10.5 Å². The number of hydrogen-bond acceptors (Lipinski definition) is 5. The molecule has 1 aromatic heterocycles. The van der Waals surface area contributed by atoms with Gasteiger partial charge in [0, 0.05) is 12.2 Å². The largest absolute Gasteiger partial charge is 0.475 e. The average molecular weight is 417 g/mol. The van der Waals surface area contributed by atoms with E-state index in [4.69, 9.17) is 9.88 Å². The summed E-state index contributed by atoms with van der Waals surface area (Å²) in [7, 11) is 0.436. The SMILES string of the molecule is CN(C)C[C@H]1COc2c(S(N)(=O)=NC(=O)Nc3c4c(cc5c3CC5)CC4)cnn21. The highest BCUT2D eigenvalue weighted by atomic mass is 32.2. The van der Waals surface area contributed by atoms with E-state index in [0.29, 0.717) is 12.5 Å². The van der Waals surface area contributed by atoms with Gasteiger partial charge >= 0.3 is 6.03 Å². The van der Waals surface area contributed by atoms with Gasteiger partial charge in [-0.25, -0.2) is 18.8 Å². The van der Waals surface area contributed by atoms with Crippen LogP contribution < -0.4 is 15.2 Å². The Labute approximate surface area is 169 Å². The van der Waals surface area contributed by atoms with Crippen molar-refractivity contribution in [2.45, 2.75) is 36.6 Å². The van der Waals surface area contributed by atoms with Gasteiger partial charge in [-0.3, -0.25) is 0 Å². The molecule has 2 aromatic rings. The minimum absolute atomic E-state index is 0.000213. The van der Waals surface area contributed by atoms with Gasteiger partial charge in [0.15, 0.2) is 9.92 Å². The molecular weight excluding hydrogens is 392 g/mol. The van der Waals surface area contributed by atoms with Crippen LogP contribution in [0.3, 0.4) is 0 Å². The summed E-state index contributed by atoms with van der Waals surface area (Å²) in [5, 5.41) is 13.1. The molecule has 3 aliphatic rings. The summed E-state index contributed by atoms with van der Waals surface area (Å²) in [5.74, 6) is 0.328. The number of carbonyl (C=O) groups excluding carboxylic acids is 1. The van der Waals surface area contributed by atoms with E-state index in [-0.39, 0.29) is 10.9 Å². The number of likely N-dealkylation sites (N-methyl/N-ethyl adjacent to an activating group) is 1. The number of rotatable bonds is 4. The number of fused-ring (bicyclic) bond motifs is 3. The molecule has 10 heteroatoms. The molecule has 0 fully saturated rings. The maximum Gasteiger partial charge on any atom is 0.354 e. The number of nitrogens with two attached hydrogens (primary N) is 1. The zero-order chi connectivity index (χ0) is 20.3. The lowest BCUT2D eigenvalue weighted by molar-refractivity contribution is 0.260. The number of urea groups is 1. The topological polar surface area (TPSA) is 115 Å². The number of carbonyl (C=O) groups is 1. The van der Waals surface area contributed by atoms with Crippen molar-refractivity contribution in [2.75, 3.05) is 32.6 Å². The van der Waals surface area contributed by atoms with Crippen LogP contribution in [-0.4, -0.2) is 52.2 Å². The van der Waals surface area contributed by atoms with Crippen molar-refractivity contribution in [1.82, 2.24) is 14.7 Å². The minimum Gasteiger partial charge on any atom is -0.475 e. The molecular formula is C19H24N6O3S. The number of aromatic nitrogens is 2. The molecule has 1 aliphatic heterocycles.